The van der Waals surface area contributed by atoms with Crippen LogP contribution in [0, 0.1) is 0 Å². The zero-order valence-electron chi connectivity index (χ0n) is 11.7. The van der Waals surface area contributed by atoms with Crippen LogP contribution in [-0.2, 0) is 9.53 Å². The van der Waals surface area contributed by atoms with E-state index in [0.29, 0.717) is 17.9 Å². The normalized spacial score (nSPS) is 27.0. The minimum atomic E-state index is -0.432. The summed E-state index contributed by atoms with van der Waals surface area (Å²) in [6, 6.07) is 7.17. The molecule has 2 atom stereocenters. The maximum absolute atomic E-state index is 12.1. The number of hydrogen-bond donors (Lipinski definition) is 0. The van der Waals surface area contributed by atoms with Crippen LogP contribution in [0.1, 0.15) is 24.2 Å². The van der Waals surface area contributed by atoms with Gasteiger partial charge in [0, 0.05) is 13.1 Å². The largest absolute Gasteiger partial charge is 0.373 e. The van der Waals surface area contributed by atoms with Crippen LogP contribution >= 0.6 is 0 Å². The number of para-hydroxylation sites is 1. The number of carbonyl (C=O) groups is 2. The third-order valence-corrected chi connectivity index (χ3v) is 3.72. The van der Waals surface area contributed by atoms with E-state index in [4.69, 9.17) is 4.74 Å². The van der Waals surface area contributed by atoms with Crippen molar-refractivity contribution in [3.63, 3.8) is 0 Å². The second-order valence-corrected chi connectivity index (χ2v) is 5.51. The van der Waals surface area contributed by atoms with Crippen LogP contribution in [0.2, 0.25) is 0 Å². The lowest BCUT2D eigenvalue weighted by Gasteiger charge is -2.37. The molecule has 0 aromatic heterocycles. The maximum Gasteiger partial charge on any atom is 0.300 e. The second-order valence-electron chi connectivity index (χ2n) is 5.51. The lowest BCUT2D eigenvalue weighted by molar-refractivity contribution is -0.115. The van der Waals surface area contributed by atoms with E-state index in [1.165, 1.54) is 0 Å². The van der Waals surface area contributed by atoms with E-state index in [0.717, 1.165) is 13.1 Å². The summed E-state index contributed by atoms with van der Waals surface area (Å²) in [7, 11) is 0. The molecule has 0 aliphatic carbocycles. The minimum absolute atomic E-state index is 0.141. The van der Waals surface area contributed by atoms with Crippen molar-refractivity contribution in [2.45, 2.75) is 26.1 Å². The number of ether oxygens (including phenoxy) is 1. The van der Waals surface area contributed by atoms with Crippen molar-refractivity contribution in [3.8, 4) is 0 Å². The number of Topliss-reactive ketones (excluding diaryl/α,β-unsaturated/α-hetero) is 1. The van der Waals surface area contributed by atoms with Crippen LogP contribution in [0.15, 0.2) is 24.3 Å². The number of fused-ring (bicyclic) bond motifs is 1. The number of ketones is 1. The Morgan fingerprint density at radius 3 is 2.50 bits per heavy atom. The quantitative estimate of drug-likeness (QED) is 0.762. The molecular formula is C15H18N2O3. The highest BCUT2D eigenvalue weighted by Crippen LogP contribution is 2.29. The van der Waals surface area contributed by atoms with Gasteiger partial charge in [-0.05, 0) is 26.0 Å². The third-order valence-electron chi connectivity index (χ3n) is 3.72. The molecular weight excluding hydrogens is 256 g/mol. The summed E-state index contributed by atoms with van der Waals surface area (Å²) in [5.74, 6) is -0.840. The first-order valence-electron chi connectivity index (χ1n) is 6.89. The first kappa shape index (κ1) is 13.3. The van der Waals surface area contributed by atoms with Crippen LogP contribution in [0.25, 0.3) is 0 Å². The Kier molecular flexibility index (Phi) is 3.31. The van der Waals surface area contributed by atoms with Gasteiger partial charge in [0.05, 0.1) is 30.1 Å². The molecule has 1 aromatic carbocycles. The van der Waals surface area contributed by atoms with Gasteiger partial charge in [0.15, 0.2) is 0 Å². The molecule has 2 heterocycles. The van der Waals surface area contributed by atoms with E-state index in [1.807, 2.05) is 26.0 Å². The SMILES string of the molecule is C[C@@H]1CN(CN2C(=O)C(=O)c3ccccc32)C[C@@H](C)O1. The molecule has 0 unspecified atom stereocenters. The topological polar surface area (TPSA) is 49.9 Å². The molecule has 0 saturated carbocycles. The van der Waals surface area contributed by atoms with Crippen LogP contribution in [-0.4, -0.2) is 48.6 Å². The molecule has 5 nitrogen and oxygen atoms in total. The molecule has 5 heteroatoms. The molecule has 1 aromatic rings. The predicted octanol–water partition coefficient (Wildman–Crippen LogP) is 1.28. The molecule has 1 amide bonds. The zero-order chi connectivity index (χ0) is 14.3. The third kappa shape index (κ3) is 2.23. The maximum atomic E-state index is 12.1. The number of hydrogen-bond acceptors (Lipinski definition) is 4. The standard InChI is InChI=1S/C15H18N2O3/c1-10-7-16(8-11(2)20-10)9-17-13-6-4-3-5-12(13)14(18)15(17)19/h3-6,10-11H,7-9H2,1-2H3/t10-,11-/m1/s1. The van der Waals surface area contributed by atoms with Gasteiger partial charge < -0.3 is 4.74 Å². The summed E-state index contributed by atoms with van der Waals surface area (Å²) in [6.45, 7) is 6.02. The van der Waals surface area contributed by atoms with Crippen molar-refractivity contribution in [2.24, 2.45) is 0 Å². The molecule has 1 fully saturated rings. The summed E-state index contributed by atoms with van der Waals surface area (Å²) in [5, 5.41) is 0. The summed E-state index contributed by atoms with van der Waals surface area (Å²) in [4.78, 5) is 27.8. The molecule has 0 bridgehead atoms. The van der Waals surface area contributed by atoms with Gasteiger partial charge in [-0.2, -0.15) is 0 Å². The Morgan fingerprint density at radius 2 is 1.80 bits per heavy atom. The Hall–Kier alpha value is -1.72. The van der Waals surface area contributed by atoms with Crippen LogP contribution < -0.4 is 4.90 Å². The number of carbonyl (C=O) groups excluding carboxylic acids is 2. The van der Waals surface area contributed by atoms with Crippen LogP contribution in [0.4, 0.5) is 5.69 Å². The molecule has 1 saturated heterocycles. The Labute approximate surface area is 118 Å². The summed E-state index contributed by atoms with van der Waals surface area (Å²) >= 11 is 0. The van der Waals surface area contributed by atoms with Crippen molar-refractivity contribution < 1.29 is 14.3 Å². The van der Waals surface area contributed by atoms with E-state index >= 15 is 0 Å². The van der Waals surface area contributed by atoms with Crippen molar-refractivity contribution >= 4 is 17.4 Å². The molecule has 2 aliphatic rings. The van der Waals surface area contributed by atoms with Gasteiger partial charge in [-0.25, -0.2) is 0 Å². The molecule has 106 valence electrons. The van der Waals surface area contributed by atoms with E-state index in [9.17, 15) is 9.59 Å². The molecule has 0 spiro atoms. The van der Waals surface area contributed by atoms with Gasteiger partial charge in [0.25, 0.3) is 5.78 Å². The first-order chi connectivity index (χ1) is 9.56. The van der Waals surface area contributed by atoms with E-state index in [-0.39, 0.29) is 12.2 Å². The lowest BCUT2D eigenvalue weighted by atomic mass is 10.1. The summed E-state index contributed by atoms with van der Waals surface area (Å²) in [5.41, 5.74) is 1.22. The van der Waals surface area contributed by atoms with Gasteiger partial charge >= 0.3 is 5.91 Å². The van der Waals surface area contributed by atoms with Crippen molar-refractivity contribution in [1.29, 1.82) is 0 Å². The summed E-state index contributed by atoms with van der Waals surface area (Å²) in [6.07, 6.45) is 0.282. The summed E-state index contributed by atoms with van der Waals surface area (Å²) < 4.78 is 5.69. The number of morpholine rings is 1. The molecule has 0 radical (unpaired) electrons. The molecule has 3 rings (SSSR count). The van der Waals surface area contributed by atoms with Crippen LogP contribution in [0.3, 0.4) is 0 Å². The van der Waals surface area contributed by atoms with Gasteiger partial charge in [-0.3, -0.25) is 19.4 Å². The highest BCUT2D eigenvalue weighted by molar-refractivity contribution is 6.52. The van der Waals surface area contributed by atoms with Crippen molar-refractivity contribution in [1.82, 2.24) is 4.90 Å². The van der Waals surface area contributed by atoms with E-state index in [1.54, 1.807) is 17.0 Å². The second kappa shape index (κ2) is 5.00. The van der Waals surface area contributed by atoms with E-state index < -0.39 is 11.7 Å². The number of amides is 1. The number of nitrogens with zero attached hydrogens (tertiary/aromatic N) is 2. The Morgan fingerprint density at radius 1 is 1.15 bits per heavy atom. The fraction of sp³-hybridized carbons (Fsp3) is 0.467. The predicted molar refractivity (Wildman–Crippen MR) is 74.7 cm³/mol. The number of rotatable bonds is 2. The zero-order valence-corrected chi connectivity index (χ0v) is 11.7. The number of anilines is 1. The van der Waals surface area contributed by atoms with Gasteiger partial charge in [0.2, 0.25) is 0 Å². The van der Waals surface area contributed by atoms with Crippen molar-refractivity contribution in [2.75, 3.05) is 24.7 Å². The minimum Gasteiger partial charge on any atom is -0.373 e. The fourth-order valence-corrected chi connectivity index (χ4v) is 2.99. The average Bonchev–Trinajstić information content (AvgIpc) is 2.64. The smallest absolute Gasteiger partial charge is 0.300 e. The highest BCUT2D eigenvalue weighted by Gasteiger charge is 2.37. The van der Waals surface area contributed by atoms with Crippen molar-refractivity contribution in [3.05, 3.63) is 29.8 Å². The number of benzene rings is 1. The Balaban J connectivity index is 1.81. The monoisotopic (exact) mass is 274 g/mol. The lowest BCUT2D eigenvalue weighted by Crippen LogP contribution is -2.50. The first-order valence-corrected chi connectivity index (χ1v) is 6.89. The molecule has 20 heavy (non-hydrogen) atoms. The van der Waals surface area contributed by atoms with Gasteiger partial charge in [-0.15, -0.1) is 0 Å². The Bertz CT molecular complexity index is 548. The van der Waals surface area contributed by atoms with Crippen LogP contribution in [0.5, 0.6) is 0 Å². The van der Waals surface area contributed by atoms with E-state index in [2.05, 4.69) is 4.90 Å². The molecule has 2 aliphatic heterocycles. The highest BCUT2D eigenvalue weighted by atomic mass is 16.5. The van der Waals surface area contributed by atoms with Gasteiger partial charge in [-0.1, -0.05) is 12.1 Å². The van der Waals surface area contributed by atoms with Gasteiger partial charge in [0.1, 0.15) is 0 Å². The fourth-order valence-electron chi connectivity index (χ4n) is 2.99. The average molecular weight is 274 g/mol. The molecule has 0 N–H and O–H groups in total.